The van der Waals surface area contributed by atoms with Crippen molar-refractivity contribution in [3.63, 3.8) is 0 Å². The number of benzene rings is 1. The summed E-state index contributed by atoms with van der Waals surface area (Å²) in [6.45, 7) is 1.64. The monoisotopic (exact) mass is 354 g/mol. The van der Waals surface area contributed by atoms with Gasteiger partial charge in [0.2, 0.25) is 5.91 Å². The summed E-state index contributed by atoms with van der Waals surface area (Å²) in [5, 5.41) is 3.14. The quantitative estimate of drug-likeness (QED) is 0.919. The van der Waals surface area contributed by atoms with E-state index in [1.807, 2.05) is 0 Å². The highest BCUT2D eigenvalue weighted by molar-refractivity contribution is 9.10. The number of pyridine rings is 1. The maximum atomic E-state index is 12.0. The minimum absolute atomic E-state index is 0.0651. The third-order valence-electron chi connectivity index (χ3n) is 2.69. The molecular formula is C14H12BrClN2O2. The molecule has 0 spiro atoms. The van der Waals surface area contributed by atoms with E-state index in [0.29, 0.717) is 16.3 Å². The predicted molar refractivity (Wildman–Crippen MR) is 83.2 cm³/mol. The molecule has 1 heterocycles. The van der Waals surface area contributed by atoms with E-state index in [9.17, 15) is 9.59 Å². The lowest BCUT2D eigenvalue weighted by Gasteiger charge is -2.09. The van der Waals surface area contributed by atoms with Gasteiger partial charge in [-0.3, -0.25) is 9.59 Å². The fraction of sp³-hybridized carbons (Fsp3) is 0.143. The Kier molecular flexibility index (Phi) is 4.62. The molecule has 0 bridgehead atoms. The van der Waals surface area contributed by atoms with Crippen molar-refractivity contribution in [3.05, 3.63) is 61.9 Å². The van der Waals surface area contributed by atoms with Crippen molar-refractivity contribution in [2.45, 2.75) is 13.5 Å². The van der Waals surface area contributed by atoms with Gasteiger partial charge in [-0.2, -0.15) is 0 Å². The average Bonchev–Trinajstić information content (AvgIpc) is 2.38. The topological polar surface area (TPSA) is 51.1 Å². The summed E-state index contributed by atoms with van der Waals surface area (Å²) in [4.78, 5) is 23.9. The second kappa shape index (κ2) is 6.24. The van der Waals surface area contributed by atoms with Crippen molar-refractivity contribution in [2.24, 2.45) is 0 Å². The molecule has 0 aliphatic rings. The zero-order valence-electron chi connectivity index (χ0n) is 10.7. The van der Waals surface area contributed by atoms with Crippen molar-refractivity contribution in [2.75, 3.05) is 5.32 Å². The number of anilines is 1. The highest BCUT2D eigenvalue weighted by atomic mass is 79.9. The Morgan fingerprint density at radius 2 is 2.10 bits per heavy atom. The zero-order chi connectivity index (χ0) is 14.7. The first-order chi connectivity index (χ1) is 9.47. The Morgan fingerprint density at radius 1 is 1.40 bits per heavy atom. The number of para-hydroxylation sites is 1. The van der Waals surface area contributed by atoms with E-state index in [0.717, 1.165) is 4.47 Å². The highest BCUT2D eigenvalue weighted by Crippen LogP contribution is 2.20. The maximum absolute atomic E-state index is 12.0. The molecule has 0 aliphatic carbocycles. The number of hydrogen-bond donors (Lipinski definition) is 1. The highest BCUT2D eigenvalue weighted by Gasteiger charge is 2.09. The molecule has 0 saturated heterocycles. The van der Waals surface area contributed by atoms with Gasteiger partial charge in [0.25, 0.3) is 5.56 Å². The number of aryl methyl sites for hydroxylation is 1. The smallest absolute Gasteiger partial charge is 0.253 e. The molecule has 0 saturated carbocycles. The molecule has 0 unspecified atom stereocenters. The minimum Gasteiger partial charge on any atom is -0.323 e. The summed E-state index contributed by atoms with van der Waals surface area (Å²) < 4.78 is 2.10. The van der Waals surface area contributed by atoms with Crippen LogP contribution in [0.4, 0.5) is 5.69 Å². The summed E-state index contributed by atoms with van der Waals surface area (Å²) in [5.41, 5.74) is 0.909. The van der Waals surface area contributed by atoms with Gasteiger partial charge in [0, 0.05) is 16.2 Å². The lowest BCUT2D eigenvalue weighted by molar-refractivity contribution is -0.116. The molecule has 20 heavy (non-hydrogen) atoms. The number of nitrogens with one attached hydrogen (secondary N) is 1. The van der Waals surface area contributed by atoms with E-state index < -0.39 is 0 Å². The minimum atomic E-state index is -0.308. The molecule has 1 N–H and O–H groups in total. The molecule has 2 aromatic rings. The summed E-state index contributed by atoms with van der Waals surface area (Å²) in [7, 11) is 0. The summed E-state index contributed by atoms with van der Waals surface area (Å²) >= 11 is 9.27. The van der Waals surface area contributed by atoms with Gasteiger partial charge < -0.3 is 9.88 Å². The Labute approximate surface area is 129 Å². The van der Waals surface area contributed by atoms with Gasteiger partial charge in [-0.1, -0.05) is 23.7 Å². The Balaban J connectivity index is 2.17. The fourth-order valence-electron chi connectivity index (χ4n) is 1.76. The van der Waals surface area contributed by atoms with Crippen LogP contribution in [0.2, 0.25) is 5.02 Å². The van der Waals surface area contributed by atoms with Gasteiger partial charge in [0.1, 0.15) is 6.54 Å². The van der Waals surface area contributed by atoms with Crippen LogP contribution in [0.1, 0.15) is 5.56 Å². The van der Waals surface area contributed by atoms with Crippen LogP contribution >= 0.6 is 27.5 Å². The molecule has 2 rings (SSSR count). The van der Waals surface area contributed by atoms with E-state index in [2.05, 4.69) is 21.2 Å². The fourth-order valence-corrected chi connectivity index (χ4v) is 2.54. The lowest BCUT2D eigenvalue weighted by Crippen LogP contribution is -2.28. The van der Waals surface area contributed by atoms with Crippen LogP contribution in [0, 0.1) is 6.92 Å². The Bertz CT molecular complexity index is 713. The van der Waals surface area contributed by atoms with Gasteiger partial charge in [-0.25, -0.2) is 0 Å². The lowest BCUT2D eigenvalue weighted by atomic mass is 10.3. The van der Waals surface area contributed by atoms with Crippen LogP contribution in [0.5, 0.6) is 0 Å². The van der Waals surface area contributed by atoms with Crippen LogP contribution < -0.4 is 10.9 Å². The third kappa shape index (κ3) is 3.49. The molecule has 0 aliphatic heterocycles. The number of nitrogens with zero attached hydrogens (tertiary/aromatic N) is 1. The van der Waals surface area contributed by atoms with Crippen LogP contribution in [0.15, 0.2) is 45.8 Å². The molecule has 104 valence electrons. The van der Waals surface area contributed by atoms with Gasteiger partial charge in [-0.05, 0) is 41.1 Å². The first-order valence-electron chi connectivity index (χ1n) is 5.88. The molecule has 6 heteroatoms. The number of hydrogen-bond acceptors (Lipinski definition) is 2. The van der Waals surface area contributed by atoms with Gasteiger partial charge >= 0.3 is 0 Å². The number of carbonyl (C=O) groups is 1. The van der Waals surface area contributed by atoms with Crippen molar-refractivity contribution in [3.8, 4) is 0 Å². The normalized spacial score (nSPS) is 10.3. The summed E-state index contributed by atoms with van der Waals surface area (Å²) in [6, 6.07) is 8.66. The second-order valence-electron chi connectivity index (χ2n) is 4.30. The predicted octanol–water partition coefficient (Wildman–Crippen LogP) is 3.21. The molecule has 4 nitrogen and oxygen atoms in total. The molecule has 1 aromatic heterocycles. The van der Waals surface area contributed by atoms with E-state index in [4.69, 9.17) is 11.6 Å². The van der Waals surface area contributed by atoms with Crippen molar-refractivity contribution in [1.82, 2.24) is 4.57 Å². The van der Waals surface area contributed by atoms with Gasteiger partial charge in [0.15, 0.2) is 0 Å². The number of halogens is 2. The van der Waals surface area contributed by atoms with Gasteiger partial charge in [-0.15, -0.1) is 0 Å². The SMILES string of the molecule is Cc1cc(Br)cn(CC(=O)Nc2ccccc2Cl)c1=O. The van der Waals surface area contributed by atoms with Crippen molar-refractivity contribution < 1.29 is 4.79 Å². The number of amides is 1. The van der Waals surface area contributed by atoms with Crippen LogP contribution in [-0.4, -0.2) is 10.5 Å². The average molecular weight is 356 g/mol. The third-order valence-corrected chi connectivity index (χ3v) is 3.46. The Hall–Kier alpha value is -1.59. The van der Waals surface area contributed by atoms with Crippen LogP contribution in [0.25, 0.3) is 0 Å². The summed E-state index contributed by atoms with van der Waals surface area (Å²) in [5.74, 6) is -0.308. The van der Waals surface area contributed by atoms with E-state index in [1.54, 1.807) is 43.5 Å². The van der Waals surface area contributed by atoms with Crippen LogP contribution in [-0.2, 0) is 11.3 Å². The standard InChI is InChI=1S/C14H12BrClN2O2/c1-9-6-10(15)7-18(14(9)20)8-13(19)17-12-5-3-2-4-11(12)16/h2-7H,8H2,1H3,(H,17,19). The van der Waals surface area contributed by atoms with Crippen molar-refractivity contribution >= 4 is 39.1 Å². The molecule has 0 radical (unpaired) electrons. The second-order valence-corrected chi connectivity index (χ2v) is 5.63. The molecule has 0 fully saturated rings. The summed E-state index contributed by atoms with van der Waals surface area (Å²) in [6.07, 6.45) is 1.58. The first-order valence-corrected chi connectivity index (χ1v) is 7.05. The molecule has 1 aromatic carbocycles. The number of aromatic nitrogens is 1. The first kappa shape index (κ1) is 14.8. The van der Waals surface area contributed by atoms with Crippen LogP contribution in [0.3, 0.4) is 0 Å². The van der Waals surface area contributed by atoms with E-state index >= 15 is 0 Å². The number of carbonyl (C=O) groups excluding carboxylic acids is 1. The molecule has 0 atom stereocenters. The Morgan fingerprint density at radius 3 is 2.80 bits per heavy atom. The number of rotatable bonds is 3. The molecule has 1 amide bonds. The maximum Gasteiger partial charge on any atom is 0.253 e. The van der Waals surface area contributed by atoms with Crippen molar-refractivity contribution in [1.29, 1.82) is 0 Å². The van der Waals surface area contributed by atoms with E-state index in [1.165, 1.54) is 4.57 Å². The van der Waals surface area contributed by atoms with E-state index in [-0.39, 0.29) is 18.0 Å². The molecular weight excluding hydrogens is 344 g/mol. The zero-order valence-corrected chi connectivity index (χ0v) is 13.0. The largest absolute Gasteiger partial charge is 0.323 e. The van der Waals surface area contributed by atoms with Gasteiger partial charge in [0.05, 0.1) is 10.7 Å².